The molecule has 21 heavy (non-hydrogen) atoms. The van der Waals surface area contributed by atoms with Crippen molar-refractivity contribution in [1.29, 1.82) is 0 Å². The number of halogens is 5. The zero-order chi connectivity index (χ0) is 16.1. The number of hydrogen-bond acceptors (Lipinski definition) is 2. The summed E-state index contributed by atoms with van der Waals surface area (Å²) in [5.74, 6) is -12.9. The normalized spacial score (nSPS) is 10.5. The van der Waals surface area contributed by atoms with Crippen molar-refractivity contribution in [3.05, 3.63) is 29.1 Å². The molecule has 0 saturated heterocycles. The van der Waals surface area contributed by atoms with Crippen LogP contribution in [0.1, 0.15) is 20.8 Å². The van der Waals surface area contributed by atoms with E-state index in [9.17, 15) is 26.7 Å². The molecule has 0 bridgehead atoms. The van der Waals surface area contributed by atoms with E-state index in [2.05, 4.69) is 20.8 Å². The maximum Gasteiger partial charge on any atom is 0.206 e. The predicted octanol–water partition coefficient (Wildman–Crippen LogP) is 4.07. The van der Waals surface area contributed by atoms with Crippen molar-refractivity contribution < 1.29 is 51.3 Å². The van der Waals surface area contributed by atoms with Gasteiger partial charge in [0.25, 0.3) is 0 Å². The number of rotatable bonds is 3. The van der Waals surface area contributed by atoms with Crippen molar-refractivity contribution in [3.8, 4) is 5.75 Å². The van der Waals surface area contributed by atoms with Gasteiger partial charge in [-0.1, -0.05) is 20.8 Å². The van der Waals surface area contributed by atoms with Crippen molar-refractivity contribution in [2.45, 2.75) is 38.9 Å². The van der Waals surface area contributed by atoms with Crippen LogP contribution in [0.4, 0.5) is 22.0 Å². The van der Waals surface area contributed by atoms with Gasteiger partial charge in [-0.05, 0) is 18.1 Å². The van der Waals surface area contributed by atoms with Crippen LogP contribution in [0.5, 0.6) is 5.75 Å². The molecule has 0 saturated carbocycles. The van der Waals surface area contributed by atoms with Crippen molar-refractivity contribution >= 4 is 8.32 Å². The van der Waals surface area contributed by atoms with Gasteiger partial charge in [0.05, 0.1) is 0 Å². The van der Waals surface area contributed by atoms with Crippen LogP contribution in [-0.2, 0) is 19.5 Å². The number of phenols is 1. The van der Waals surface area contributed by atoms with E-state index >= 15 is 0 Å². The quantitative estimate of drug-likeness (QED) is 0.359. The monoisotopic (exact) mass is 380 g/mol. The summed E-state index contributed by atoms with van der Waals surface area (Å²) in [7, 11) is -1.67. The van der Waals surface area contributed by atoms with Crippen LogP contribution < -0.4 is 0 Å². The smallest absolute Gasteiger partial charge is 0.206 e. The summed E-state index contributed by atoms with van der Waals surface area (Å²) >= 11 is 0. The Hall–Kier alpha value is -0.530. The third kappa shape index (κ3) is 5.64. The minimum absolute atomic E-state index is 0. The molecule has 0 spiro atoms. The Morgan fingerprint density at radius 3 is 1.14 bits per heavy atom. The van der Waals surface area contributed by atoms with Gasteiger partial charge >= 0.3 is 0 Å². The van der Waals surface area contributed by atoms with Crippen LogP contribution in [0, 0.1) is 29.1 Å². The molecule has 0 heterocycles. The molecule has 0 fully saturated rings. The molecule has 0 aliphatic rings. The Bertz CT molecular complexity index is 356. The van der Waals surface area contributed by atoms with E-state index in [1.54, 1.807) is 0 Å². The van der Waals surface area contributed by atoms with Crippen molar-refractivity contribution in [3.63, 3.8) is 0 Å². The number of benzene rings is 1. The first kappa shape index (κ1) is 22.7. The molecule has 0 aliphatic carbocycles. The standard InChI is InChI=1S/C6HF5O.C6H16OSi.Zn/c7-1-2(8)4(10)6(12)5(11)3(1)9;1-4-8(7,5-2)6-3;/h12H;7H,4-6H2,1-3H3;. The summed E-state index contributed by atoms with van der Waals surface area (Å²) < 4.78 is 60.6. The first-order chi connectivity index (χ1) is 9.15. The maximum absolute atomic E-state index is 12.2. The van der Waals surface area contributed by atoms with E-state index < -0.39 is 43.2 Å². The van der Waals surface area contributed by atoms with Crippen LogP contribution in [-0.4, -0.2) is 18.2 Å². The van der Waals surface area contributed by atoms with Crippen molar-refractivity contribution in [2.75, 3.05) is 0 Å². The molecular formula is C12H17F5O2SiZn. The van der Waals surface area contributed by atoms with Crippen molar-refractivity contribution in [1.82, 2.24) is 0 Å². The molecule has 0 aliphatic heterocycles. The number of phenolic OH excluding ortho intramolecular Hbond substituents is 1. The summed E-state index contributed by atoms with van der Waals surface area (Å²) in [5.41, 5.74) is 0. The van der Waals surface area contributed by atoms with Gasteiger partial charge in [0.2, 0.25) is 29.1 Å². The average molecular weight is 382 g/mol. The first-order valence-corrected chi connectivity index (χ1v) is 8.64. The second-order valence-corrected chi connectivity index (χ2v) is 8.77. The van der Waals surface area contributed by atoms with E-state index in [-0.39, 0.29) is 19.5 Å². The van der Waals surface area contributed by atoms with Gasteiger partial charge in [0, 0.05) is 19.5 Å². The molecule has 1 aromatic carbocycles. The second-order valence-electron chi connectivity index (χ2n) is 4.20. The molecular weight excluding hydrogens is 365 g/mol. The summed E-state index contributed by atoms with van der Waals surface area (Å²) in [6, 6.07) is 3.04. The molecule has 0 atom stereocenters. The molecule has 2 N–H and O–H groups in total. The molecule has 0 unspecified atom stereocenters. The van der Waals surface area contributed by atoms with E-state index in [0.29, 0.717) is 0 Å². The number of hydrogen-bond donors (Lipinski definition) is 2. The van der Waals surface area contributed by atoms with Crippen LogP contribution >= 0.6 is 0 Å². The van der Waals surface area contributed by atoms with E-state index in [4.69, 9.17) is 5.11 Å². The zero-order valence-corrected chi connectivity index (χ0v) is 16.1. The summed E-state index contributed by atoms with van der Waals surface area (Å²) in [5, 5.41) is 8.30. The van der Waals surface area contributed by atoms with Crippen molar-refractivity contribution in [2.24, 2.45) is 0 Å². The van der Waals surface area contributed by atoms with E-state index in [1.807, 2.05) is 0 Å². The fourth-order valence-corrected chi connectivity index (χ4v) is 2.84. The van der Waals surface area contributed by atoms with Crippen LogP contribution in [0.15, 0.2) is 0 Å². The predicted molar refractivity (Wildman–Crippen MR) is 67.3 cm³/mol. The van der Waals surface area contributed by atoms with Gasteiger partial charge in [0.1, 0.15) is 0 Å². The maximum atomic E-state index is 12.2. The van der Waals surface area contributed by atoms with Gasteiger partial charge in [-0.2, -0.15) is 8.78 Å². The van der Waals surface area contributed by atoms with Crippen LogP contribution in [0.3, 0.4) is 0 Å². The zero-order valence-electron chi connectivity index (χ0n) is 12.1. The van der Waals surface area contributed by atoms with E-state index in [1.165, 1.54) is 0 Å². The largest absolute Gasteiger partial charge is 0.503 e. The second kappa shape index (κ2) is 9.48. The van der Waals surface area contributed by atoms with Crippen LogP contribution in [0.25, 0.3) is 0 Å². The Morgan fingerprint density at radius 2 is 0.952 bits per heavy atom. The third-order valence-electron chi connectivity index (χ3n) is 3.16. The molecule has 1 rings (SSSR count). The first-order valence-electron chi connectivity index (χ1n) is 6.07. The molecule has 0 amide bonds. The Balaban J connectivity index is 0. The van der Waals surface area contributed by atoms with Gasteiger partial charge in [-0.25, -0.2) is 13.2 Å². The molecule has 1 aromatic rings. The minimum atomic E-state index is -2.29. The minimum Gasteiger partial charge on any atom is -0.503 e. The van der Waals surface area contributed by atoms with Crippen LogP contribution in [0.2, 0.25) is 18.1 Å². The molecule has 9 heteroatoms. The topological polar surface area (TPSA) is 40.5 Å². The fourth-order valence-electron chi connectivity index (χ4n) is 1.34. The summed E-state index contributed by atoms with van der Waals surface area (Å²) in [6.45, 7) is 6.25. The van der Waals surface area contributed by atoms with Gasteiger partial charge in [-0.3, -0.25) is 0 Å². The van der Waals surface area contributed by atoms with E-state index in [0.717, 1.165) is 18.1 Å². The number of aromatic hydroxyl groups is 1. The Labute approximate surface area is 133 Å². The Kier molecular flexibility index (Phi) is 10.3. The average Bonchev–Trinajstić information content (AvgIpc) is 2.48. The SMILES string of the molecule is CC[Si](O)(CC)CC.Oc1c(F)c(F)c(F)c(F)c1F.[Zn]. The van der Waals surface area contributed by atoms with Gasteiger partial charge in [-0.15, -0.1) is 0 Å². The third-order valence-corrected chi connectivity index (χ3v) is 7.11. The molecule has 0 radical (unpaired) electrons. The summed E-state index contributed by atoms with van der Waals surface area (Å²) in [4.78, 5) is 9.58. The van der Waals surface area contributed by atoms with Gasteiger partial charge < -0.3 is 9.90 Å². The van der Waals surface area contributed by atoms with Gasteiger partial charge in [0.15, 0.2) is 14.1 Å². The molecule has 2 nitrogen and oxygen atoms in total. The summed E-state index contributed by atoms with van der Waals surface area (Å²) in [6.07, 6.45) is 0. The fraction of sp³-hybridized carbons (Fsp3) is 0.500. The molecule has 118 valence electrons. The Morgan fingerprint density at radius 1 is 0.714 bits per heavy atom. The molecule has 0 aromatic heterocycles.